The molecule has 0 bridgehead atoms. The van der Waals surface area contributed by atoms with Crippen molar-refractivity contribution in [3.8, 4) is 0 Å². The highest BCUT2D eigenvalue weighted by atomic mass is 15.2. The number of rotatable bonds is 8. The van der Waals surface area contributed by atoms with Crippen molar-refractivity contribution in [2.24, 2.45) is 17.7 Å². The molecule has 1 rings (SSSR count). The highest BCUT2D eigenvalue weighted by Gasteiger charge is 2.27. The Morgan fingerprint density at radius 2 is 1.68 bits per heavy atom. The molecule has 0 aliphatic rings. The van der Waals surface area contributed by atoms with E-state index in [-0.39, 0.29) is 0 Å². The van der Waals surface area contributed by atoms with Crippen LogP contribution in [-0.4, -0.2) is 6.04 Å². The van der Waals surface area contributed by atoms with Crippen molar-refractivity contribution in [1.82, 2.24) is 5.43 Å². The van der Waals surface area contributed by atoms with E-state index < -0.39 is 0 Å². The van der Waals surface area contributed by atoms with Crippen LogP contribution in [0.2, 0.25) is 0 Å². The molecule has 0 radical (unpaired) electrons. The Labute approximate surface area is 118 Å². The highest BCUT2D eigenvalue weighted by Crippen LogP contribution is 2.33. The summed E-state index contributed by atoms with van der Waals surface area (Å²) >= 11 is 0. The van der Waals surface area contributed by atoms with Gasteiger partial charge in [0, 0.05) is 12.0 Å². The fraction of sp³-hybridized carbons (Fsp3) is 0.647. The zero-order valence-electron chi connectivity index (χ0n) is 12.9. The van der Waals surface area contributed by atoms with E-state index in [0.29, 0.717) is 23.8 Å². The van der Waals surface area contributed by atoms with Crippen LogP contribution in [0.5, 0.6) is 0 Å². The van der Waals surface area contributed by atoms with Gasteiger partial charge in [-0.15, -0.1) is 0 Å². The summed E-state index contributed by atoms with van der Waals surface area (Å²) in [6.45, 7) is 9.15. The highest BCUT2D eigenvalue weighted by molar-refractivity contribution is 5.22. The van der Waals surface area contributed by atoms with Gasteiger partial charge in [-0.25, -0.2) is 0 Å². The van der Waals surface area contributed by atoms with Gasteiger partial charge in [0.15, 0.2) is 0 Å². The molecule has 0 amide bonds. The third kappa shape index (κ3) is 4.63. The SMILES string of the molecule is CCC(C)CC(NN)C(c1ccccc1)C(C)CC. The van der Waals surface area contributed by atoms with Crippen LogP contribution in [0, 0.1) is 11.8 Å². The second kappa shape index (κ2) is 8.34. The van der Waals surface area contributed by atoms with E-state index >= 15 is 0 Å². The molecular formula is C17H30N2. The molecule has 0 fully saturated rings. The minimum Gasteiger partial charge on any atom is -0.271 e. The van der Waals surface area contributed by atoms with Crippen LogP contribution in [-0.2, 0) is 0 Å². The molecule has 0 aliphatic heterocycles. The predicted octanol–water partition coefficient (Wildman–Crippen LogP) is 4.08. The zero-order valence-corrected chi connectivity index (χ0v) is 12.9. The first kappa shape index (κ1) is 16.2. The van der Waals surface area contributed by atoms with E-state index in [1.54, 1.807) is 0 Å². The molecule has 4 unspecified atom stereocenters. The third-order valence-corrected chi connectivity index (χ3v) is 4.44. The fourth-order valence-corrected chi connectivity index (χ4v) is 2.81. The van der Waals surface area contributed by atoms with Gasteiger partial charge in [-0.2, -0.15) is 0 Å². The number of nitrogens with two attached hydrogens (primary N) is 1. The molecule has 0 spiro atoms. The average Bonchev–Trinajstić information content (AvgIpc) is 2.46. The average molecular weight is 262 g/mol. The summed E-state index contributed by atoms with van der Waals surface area (Å²) < 4.78 is 0. The van der Waals surface area contributed by atoms with Gasteiger partial charge in [-0.3, -0.25) is 11.3 Å². The fourth-order valence-electron chi connectivity index (χ4n) is 2.81. The van der Waals surface area contributed by atoms with Crippen LogP contribution in [0.3, 0.4) is 0 Å². The van der Waals surface area contributed by atoms with Gasteiger partial charge >= 0.3 is 0 Å². The molecule has 1 aromatic rings. The lowest BCUT2D eigenvalue weighted by atomic mass is 9.77. The molecule has 1 aromatic carbocycles. The van der Waals surface area contributed by atoms with E-state index in [1.807, 2.05) is 0 Å². The predicted molar refractivity (Wildman–Crippen MR) is 83.8 cm³/mol. The third-order valence-electron chi connectivity index (χ3n) is 4.44. The first-order chi connectivity index (χ1) is 9.13. The van der Waals surface area contributed by atoms with Crippen molar-refractivity contribution in [2.75, 3.05) is 0 Å². The van der Waals surface area contributed by atoms with E-state index in [2.05, 4.69) is 63.5 Å². The number of hydrazine groups is 1. The Morgan fingerprint density at radius 1 is 1.05 bits per heavy atom. The Morgan fingerprint density at radius 3 is 2.16 bits per heavy atom. The molecule has 0 saturated heterocycles. The lowest BCUT2D eigenvalue weighted by molar-refractivity contribution is 0.290. The van der Waals surface area contributed by atoms with Crippen molar-refractivity contribution in [1.29, 1.82) is 0 Å². The van der Waals surface area contributed by atoms with Crippen molar-refractivity contribution >= 4 is 0 Å². The second-order valence-corrected chi connectivity index (χ2v) is 5.84. The van der Waals surface area contributed by atoms with Gasteiger partial charge in [0.2, 0.25) is 0 Å². The maximum Gasteiger partial charge on any atom is 0.0284 e. The maximum absolute atomic E-state index is 5.86. The van der Waals surface area contributed by atoms with E-state index in [1.165, 1.54) is 18.4 Å². The van der Waals surface area contributed by atoms with Gasteiger partial charge < -0.3 is 0 Å². The number of benzene rings is 1. The first-order valence-electron chi connectivity index (χ1n) is 7.65. The van der Waals surface area contributed by atoms with E-state index in [9.17, 15) is 0 Å². The molecule has 0 aromatic heterocycles. The number of hydrogen-bond donors (Lipinski definition) is 2. The maximum atomic E-state index is 5.86. The molecule has 3 N–H and O–H groups in total. The zero-order chi connectivity index (χ0) is 14.3. The minimum absolute atomic E-state index is 0.354. The molecule has 108 valence electrons. The summed E-state index contributed by atoms with van der Waals surface area (Å²) in [5.41, 5.74) is 4.49. The summed E-state index contributed by atoms with van der Waals surface area (Å²) in [4.78, 5) is 0. The van der Waals surface area contributed by atoms with Gasteiger partial charge in [0.1, 0.15) is 0 Å². The van der Waals surface area contributed by atoms with Crippen LogP contribution in [0.4, 0.5) is 0 Å². The Bertz CT molecular complexity index is 336. The summed E-state index contributed by atoms with van der Waals surface area (Å²) in [6.07, 6.45) is 3.52. The molecule has 2 nitrogen and oxygen atoms in total. The first-order valence-corrected chi connectivity index (χ1v) is 7.65. The summed E-state index contributed by atoms with van der Waals surface area (Å²) in [5.74, 6) is 7.68. The van der Waals surface area contributed by atoms with Crippen molar-refractivity contribution < 1.29 is 0 Å². The minimum atomic E-state index is 0.354. The molecule has 0 heterocycles. The van der Waals surface area contributed by atoms with E-state index in [0.717, 1.165) is 6.42 Å². The van der Waals surface area contributed by atoms with Gasteiger partial charge in [0.25, 0.3) is 0 Å². The topological polar surface area (TPSA) is 38.0 Å². The van der Waals surface area contributed by atoms with Crippen molar-refractivity contribution in [3.63, 3.8) is 0 Å². The van der Waals surface area contributed by atoms with E-state index in [4.69, 9.17) is 5.84 Å². The van der Waals surface area contributed by atoms with Gasteiger partial charge in [-0.1, -0.05) is 70.9 Å². The largest absolute Gasteiger partial charge is 0.271 e. The standard InChI is InChI=1S/C17H30N2/c1-5-13(3)12-16(19-18)17(14(4)6-2)15-10-8-7-9-11-15/h7-11,13-14,16-17,19H,5-6,12,18H2,1-4H3. The molecular weight excluding hydrogens is 232 g/mol. The lowest BCUT2D eigenvalue weighted by Crippen LogP contribution is -2.43. The number of nitrogens with one attached hydrogen (secondary N) is 1. The molecule has 19 heavy (non-hydrogen) atoms. The second-order valence-electron chi connectivity index (χ2n) is 5.84. The molecule has 0 saturated carbocycles. The van der Waals surface area contributed by atoms with Crippen molar-refractivity contribution in [2.45, 2.75) is 58.9 Å². The Kier molecular flexibility index (Phi) is 7.11. The summed E-state index contributed by atoms with van der Waals surface area (Å²) in [7, 11) is 0. The molecule has 2 heteroatoms. The van der Waals surface area contributed by atoms with Gasteiger partial charge in [0.05, 0.1) is 0 Å². The van der Waals surface area contributed by atoms with Crippen LogP contribution >= 0.6 is 0 Å². The summed E-state index contributed by atoms with van der Waals surface area (Å²) in [5, 5.41) is 0. The Balaban J connectivity index is 2.94. The quantitative estimate of drug-likeness (QED) is 0.547. The van der Waals surface area contributed by atoms with Crippen LogP contribution in [0.25, 0.3) is 0 Å². The lowest BCUT2D eigenvalue weighted by Gasteiger charge is -2.33. The van der Waals surface area contributed by atoms with Crippen LogP contribution < -0.4 is 11.3 Å². The smallest absolute Gasteiger partial charge is 0.0284 e. The summed E-state index contributed by atoms with van der Waals surface area (Å²) in [6, 6.07) is 11.2. The Hall–Kier alpha value is -0.860. The monoisotopic (exact) mass is 262 g/mol. The van der Waals surface area contributed by atoms with Crippen LogP contribution in [0.1, 0.15) is 58.4 Å². The number of hydrogen-bond acceptors (Lipinski definition) is 2. The van der Waals surface area contributed by atoms with Crippen LogP contribution in [0.15, 0.2) is 30.3 Å². The molecule has 4 atom stereocenters. The normalized spacial score (nSPS) is 17.7. The van der Waals surface area contributed by atoms with Crippen molar-refractivity contribution in [3.05, 3.63) is 35.9 Å². The molecule has 0 aliphatic carbocycles. The van der Waals surface area contributed by atoms with Gasteiger partial charge in [-0.05, 0) is 23.8 Å².